The van der Waals surface area contributed by atoms with Crippen LogP contribution in [0.15, 0.2) is 48.8 Å². The summed E-state index contributed by atoms with van der Waals surface area (Å²) < 4.78 is 2.06. The van der Waals surface area contributed by atoms with E-state index in [-0.39, 0.29) is 5.91 Å². The van der Waals surface area contributed by atoms with Gasteiger partial charge in [-0.15, -0.1) is 0 Å². The molecule has 0 atom stereocenters. The van der Waals surface area contributed by atoms with Gasteiger partial charge in [-0.25, -0.2) is 4.98 Å². The largest absolute Gasteiger partial charge is 0.338 e. The Morgan fingerprint density at radius 2 is 2.00 bits per heavy atom. The molecule has 1 amide bonds. The monoisotopic (exact) mass is 331 g/mol. The minimum absolute atomic E-state index is 0.0556. The number of rotatable bonds is 3. The van der Waals surface area contributed by atoms with Crippen molar-refractivity contribution in [1.29, 1.82) is 0 Å². The molecule has 4 heteroatoms. The van der Waals surface area contributed by atoms with Crippen molar-refractivity contribution in [2.24, 2.45) is 0 Å². The van der Waals surface area contributed by atoms with Gasteiger partial charge >= 0.3 is 0 Å². The topological polar surface area (TPSA) is 46.9 Å². The number of nitrogens with zero attached hydrogens (tertiary/aromatic N) is 2. The highest BCUT2D eigenvalue weighted by Crippen LogP contribution is 2.35. The summed E-state index contributed by atoms with van der Waals surface area (Å²) in [5, 5.41) is 2.92. The molecule has 2 heterocycles. The Morgan fingerprint density at radius 3 is 2.84 bits per heavy atom. The van der Waals surface area contributed by atoms with Crippen molar-refractivity contribution in [3.63, 3.8) is 0 Å². The lowest BCUT2D eigenvalue weighted by molar-refractivity contribution is -0.116. The number of pyridine rings is 1. The van der Waals surface area contributed by atoms with E-state index in [9.17, 15) is 4.79 Å². The second-order valence-corrected chi connectivity index (χ2v) is 6.70. The maximum Gasteiger partial charge on any atom is 0.245 e. The van der Waals surface area contributed by atoms with E-state index in [1.165, 1.54) is 27.9 Å². The van der Waals surface area contributed by atoms with Crippen molar-refractivity contribution in [1.82, 2.24) is 9.55 Å². The number of nitrogens with one attached hydrogen (secondary N) is 1. The molecule has 0 unspecified atom stereocenters. The normalized spacial score (nSPS) is 12.4. The molecule has 3 aromatic rings. The molecular formula is C21H21N3O. The summed E-state index contributed by atoms with van der Waals surface area (Å²) in [5.74, 6) is 0.574. The summed E-state index contributed by atoms with van der Waals surface area (Å²) in [6.07, 6.45) is 5.80. The first-order valence-corrected chi connectivity index (χ1v) is 8.61. The van der Waals surface area contributed by atoms with Gasteiger partial charge in [-0.3, -0.25) is 4.79 Å². The lowest BCUT2D eigenvalue weighted by Crippen LogP contribution is -2.20. The molecule has 0 aliphatic heterocycles. The second-order valence-electron chi connectivity index (χ2n) is 6.70. The number of amides is 1. The van der Waals surface area contributed by atoms with E-state index in [4.69, 9.17) is 0 Å². The summed E-state index contributed by atoms with van der Waals surface area (Å²) >= 11 is 0. The van der Waals surface area contributed by atoms with Crippen molar-refractivity contribution in [3.8, 4) is 11.3 Å². The molecule has 1 aliphatic carbocycles. The van der Waals surface area contributed by atoms with Crippen molar-refractivity contribution in [3.05, 3.63) is 71.0 Å². The Bertz CT molecular complexity index is 956. The van der Waals surface area contributed by atoms with Crippen molar-refractivity contribution in [2.45, 2.75) is 33.2 Å². The number of benzene rings is 1. The highest BCUT2D eigenvalue weighted by molar-refractivity contribution is 5.90. The highest BCUT2D eigenvalue weighted by Gasteiger charge is 2.21. The zero-order chi connectivity index (χ0) is 17.4. The molecule has 0 bridgehead atoms. The van der Waals surface area contributed by atoms with Gasteiger partial charge in [0.2, 0.25) is 5.91 Å². The zero-order valence-corrected chi connectivity index (χ0v) is 14.5. The van der Waals surface area contributed by atoms with Crippen LogP contribution in [0.3, 0.4) is 0 Å². The number of hydrogen-bond donors (Lipinski definition) is 1. The third kappa shape index (κ3) is 2.95. The van der Waals surface area contributed by atoms with Crippen LogP contribution in [0.5, 0.6) is 0 Å². The third-order valence-electron chi connectivity index (χ3n) is 4.81. The number of carbonyl (C=O) groups is 1. The molecule has 0 spiro atoms. The van der Waals surface area contributed by atoms with E-state index in [1.54, 1.807) is 6.20 Å². The fourth-order valence-corrected chi connectivity index (χ4v) is 3.52. The van der Waals surface area contributed by atoms with Gasteiger partial charge in [-0.1, -0.05) is 23.8 Å². The molecule has 1 N–H and O–H groups in total. The Kier molecular flexibility index (Phi) is 3.88. The van der Waals surface area contributed by atoms with Gasteiger partial charge in [0, 0.05) is 18.0 Å². The molecular weight excluding hydrogens is 310 g/mol. The van der Waals surface area contributed by atoms with Crippen LogP contribution < -0.4 is 5.32 Å². The lowest BCUT2D eigenvalue weighted by Gasteiger charge is -2.20. The van der Waals surface area contributed by atoms with E-state index in [0.29, 0.717) is 12.4 Å². The maximum atomic E-state index is 12.5. The van der Waals surface area contributed by atoms with E-state index in [0.717, 1.165) is 18.4 Å². The molecule has 4 rings (SSSR count). The van der Waals surface area contributed by atoms with Gasteiger partial charge in [0.25, 0.3) is 0 Å². The molecule has 0 saturated heterocycles. The van der Waals surface area contributed by atoms with E-state index < -0.39 is 0 Å². The molecule has 1 aliphatic rings. The summed E-state index contributed by atoms with van der Waals surface area (Å²) in [7, 11) is 0. The Hall–Kier alpha value is -2.88. The first kappa shape index (κ1) is 15.6. The molecule has 1 aromatic carbocycles. The van der Waals surface area contributed by atoms with Crippen LogP contribution in [0, 0.1) is 13.8 Å². The van der Waals surface area contributed by atoms with Crippen molar-refractivity contribution < 1.29 is 4.79 Å². The smallest absolute Gasteiger partial charge is 0.245 e. The Balaban J connectivity index is 1.62. The lowest BCUT2D eigenvalue weighted by atomic mass is 9.89. The maximum absolute atomic E-state index is 12.5. The number of anilines is 1. The number of hydrogen-bond acceptors (Lipinski definition) is 2. The average molecular weight is 331 g/mol. The van der Waals surface area contributed by atoms with E-state index >= 15 is 0 Å². The molecule has 0 radical (unpaired) electrons. The number of aromatic nitrogens is 2. The van der Waals surface area contributed by atoms with Gasteiger partial charge in [0.05, 0.1) is 5.69 Å². The molecule has 0 fully saturated rings. The molecule has 0 saturated carbocycles. The van der Waals surface area contributed by atoms with Crippen LogP contribution in [-0.2, 0) is 24.2 Å². The van der Waals surface area contributed by atoms with Gasteiger partial charge in [-0.05, 0) is 61.6 Å². The Labute approximate surface area is 147 Å². The molecule has 4 nitrogen and oxygen atoms in total. The van der Waals surface area contributed by atoms with Crippen LogP contribution in [0.25, 0.3) is 11.3 Å². The first-order valence-electron chi connectivity index (χ1n) is 8.61. The zero-order valence-electron chi connectivity index (χ0n) is 14.5. The number of carbonyl (C=O) groups excluding carboxylic acids is 1. The molecule has 25 heavy (non-hydrogen) atoms. The number of aryl methyl sites for hydroxylation is 4. The van der Waals surface area contributed by atoms with Gasteiger partial charge in [0.15, 0.2) is 0 Å². The third-order valence-corrected chi connectivity index (χ3v) is 4.81. The van der Waals surface area contributed by atoms with Gasteiger partial charge < -0.3 is 9.88 Å². The van der Waals surface area contributed by atoms with Gasteiger partial charge in [-0.2, -0.15) is 0 Å². The first-order chi connectivity index (χ1) is 12.1. The minimum atomic E-state index is -0.0556. The number of fused-ring (bicyclic) bond motifs is 3. The summed E-state index contributed by atoms with van der Waals surface area (Å²) in [6.45, 7) is 4.34. The highest BCUT2D eigenvalue weighted by atomic mass is 16.2. The van der Waals surface area contributed by atoms with Gasteiger partial charge in [0.1, 0.15) is 12.4 Å². The van der Waals surface area contributed by atoms with Crippen LogP contribution in [0.1, 0.15) is 22.3 Å². The predicted octanol–water partition coefficient (Wildman–Crippen LogP) is 3.90. The quantitative estimate of drug-likeness (QED) is 0.791. The molecule has 126 valence electrons. The fraction of sp³-hybridized carbons (Fsp3) is 0.238. The van der Waals surface area contributed by atoms with Crippen LogP contribution in [0.2, 0.25) is 0 Å². The standard InChI is InChI=1S/C21H21N3O/c1-14-5-6-16-7-8-17-9-11-24(20(17)18(16)12-14)13-19(25)23-21-15(2)4-3-10-22-21/h3-6,9-12H,7-8,13H2,1-2H3,(H,22,23,25). The van der Waals surface area contributed by atoms with E-state index in [2.05, 4.69) is 46.1 Å². The summed E-state index contributed by atoms with van der Waals surface area (Å²) in [6, 6.07) is 12.5. The second kappa shape index (κ2) is 6.20. The van der Waals surface area contributed by atoms with Crippen LogP contribution in [-0.4, -0.2) is 15.5 Å². The predicted molar refractivity (Wildman–Crippen MR) is 99.6 cm³/mol. The summed E-state index contributed by atoms with van der Waals surface area (Å²) in [4.78, 5) is 16.8. The SMILES string of the molecule is Cc1ccc2c(c1)-c1c(ccn1CC(=O)Nc1ncccc1C)CC2. The van der Waals surface area contributed by atoms with Crippen molar-refractivity contribution in [2.75, 3.05) is 5.32 Å². The fourth-order valence-electron chi connectivity index (χ4n) is 3.52. The Morgan fingerprint density at radius 1 is 1.16 bits per heavy atom. The molecule has 2 aromatic heterocycles. The van der Waals surface area contributed by atoms with E-state index in [1.807, 2.05) is 25.3 Å². The summed E-state index contributed by atoms with van der Waals surface area (Å²) in [5.41, 5.74) is 7.32. The van der Waals surface area contributed by atoms with Crippen molar-refractivity contribution >= 4 is 11.7 Å². The minimum Gasteiger partial charge on any atom is -0.338 e. The average Bonchev–Trinajstić information content (AvgIpc) is 3.00. The van der Waals surface area contributed by atoms with Crippen LogP contribution >= 0.6 is 0 Å². The van der Waals surface area contributed by atoms with Crippen LogP contribution in [0.4, 0.5) is 5.82 Å².